The average molecular weight is 263 g/mol. The third-order valence-corrected chi connectivity index (χ3v) is 3.71. The first-order valence-corrected chi connectivity index (χ1v) is 7.05. The van der Waals surface area contributed by atoms with E-state index in [0.717, 1.165) is 18.7 Å². The molecule has 5 heteroatoms. The Morgan fingerprint density at radius 1 is 1.21 bits per heavy atom. The first-order chi connectivity index (χ1) is 9.16. The van der Waals surface area contributed by atoms with Crippen molar-refractivity contribution in [2.75, 3.05) is 5.32 Å². The summed E-state index contributed by atoms with van der Waals surface area (Å²) >= 11 is 0. The van der Waals surface area contributed by atoms with Crippen LogP contribution < -0.4 is 5.32 Å². The third kappa shape index (κ3) is 3.91. The summed E-state index contributed by atoms with van der Waals surface area (Å²) in [5.41, 5.74) is 0.559. The van der Waals surface area contributed by atoms with Crippen molar-refractivity contribution in [2.24, 2.45) is 0 Å². The summed E-state index contributed by atoms with van der Waals surface area (Å²) in [5.74, 6) is 0.758. The van der Waals surface area contributed by atoms with Crippen LogP contribution in [0.1, 0.15) is 50.6 Å². The van der Waals surface area contributed by atoms with Gasteiger partial charge in [-0.15, -0.1) is 0 Å². The maximum atomic E-state index is 10.8. The predicted octanol–water partition coefficient (Wildman–Crippen LogP) is 3.82. The van der Waals surface area contributed by atoms with Crippen LogP contribution in [0.4, 0.5) is 11.5 Å². The smallest absolute Gasteiger partial charge is 0.290 e. The topological polar surface area (TPSA) is 68.1 Å². The number of pyridine rings is 1. The van der Waals surface area contributed by atoms with Crippen molar-refractivity contribution in [2.45, 2.75) is 57.9 Å². The Morgan fingerprint density at radius 2 is 1.84 bits per heavy atom. The number of nitrogens with zero attached hydrogens (tertiary/aromatic N) is 2. The minimum absolute atomic E-state index is 0.0863. The first-order valence-electron chi connectivity index (χ1n) is 7.05. The van der Waals surface area contributed by atoms with E-state index in [1.165, 1.54) is 38.2 Å². The summed E-state index contributed by atoms with van der Waals surface area (Å²) < 4.78 is 0. The van der Waals surface area contributed by atoms with Gasteiger partial charge in [-0.2, -0.15) is 0 Å². The predicted molar refractivity (Wildman–Crippen MR) is 75.4 cm³/mol. The molecule has 0 amide bonds. The molecule has 2 rings (SSSR count). The lowest BCUT2D eigenvalue weighted by atomic mass is 9.97. The van der Waals surface area contributed by atoms with Crippen molar-refractivity contribution in [3.63, 3.8) is 0 Å². The SMILES string of the molecule is Cc1nc(NC2CCCCCCC2)ccc1[N+](=O)[O-]. The van der Waals surface area contributed by atoms with Gasteiger partial charge in [-0.05, 0) is 25.8 Å². The van der Waals surface area contributed by atoms with Crippen molar-refractivity contribution < 1.29 is 4.92 Å². The molecule has 1 aromatic rings. The third-order valence-electron chi connectivity index (χ3n) is 3.71. The van der Waals surface area contributed by atoms with Crippen molar-refractivity contribution in [3.8, 4) is 0 Å². The summed E-state index contributed by atoms with van der Waals surface area (Å²) in [7, 11) is 0. The number of nitro groups is 1. The molecule has 1 heterocycles. The lowest BCUT2D eigenvalue weighted by Gasteiger charge is -2.21. The number of aryl methyl sites for hydroxylation is 1. The number of hydrogen-bond acceptors (Lipinski definition) is 4. The highest BCUT2D eigenvalue weighted by atomic mass is 16.6. The molecule has 19 heavy (non-hydrogen) atoms. The van der Waals surface area contributed by atoms with Crippen LogP contribution >= 0.6 is 0 Å². The van der Waals surface area contributed by atoms with Gasteiger partial charge in [0.1, 0.15) is 11.5 Å². The zero-order valence-corrected chi connectivity index (χ0v) is 11.4. The van der Waals surface area contributed by atoms with Crippen LogP contribution in [0.3, 0.4) is 0 Å². The Kier molecular flexibility index (Phi) is 4.71. The van der Waals surface area contributed by atoms with E-state index in [1.54, 1.807) is 13.0 Å². The summed E-state index contributed by atoms with van der Waals surface area (Å²) in [6.45, 7) is 1.68. The van der Waals surface area contributed by atoms with E-state index in [4.69, 9.17) is 0 Å². The molecule has 0 spiro atoms. The standard InChI is InChI=1S/C14H21N3O2/c1-11-13(17(18)19)9-10-14(15-11)16-12-7-5-3-2-4-6-8-12/h9-10,12H,2-8H2,1H3,(H,15,16). The average Bonchev–Trinajstić information content (AvgIpc) is 2.32. The Morgan fingerprint density at radius 3 is 2.42 bits per heavy atom. The van der Waals surface area contributed by atoms with E-state index >= 15 is 0 Å². The zero-order chi connectivity index (χ0) is 13.7. The Balaban J connectivity index is 2.01. The van der Waals surface area contributed by atoms with Crippen LogP contribution in [-0.4, -0.2) is 15.9 Å². The highest BCUT2D eigenvalue weighted by Gasteiger charge is 2.15. The monoisotopic (exact) mass is 263 g/mol. The van der Waals surface area contributed by atoms with Gasteiger partial charge in [0.25, 0.3) is 5.69 Å². The van der Waals surface area contributed by atoms with E-state index < -0.39 is 0 Å². The van der Waals surface area contributed by atoms with Crippen molar-refractivity contribution in [1.82, 2.24) is 4.98 Å². The molecule has 1 N–H and O–H groups in total. The molecule has 104 valence electrons. The van der Waals surface area contributed by atoms with E-state index in [0.29, 0.717) is 11.7 Å². The lowest BCUT2D eigenvalue weighted by molar-refractivity contribution is -0.385. The molecule has 1 aliphatic carbocycles. The summed E-state index contributed by atoms with van der Waals surface area (Å²) in [5, 5.41) is 14.2. The molecule has 1 aromatic heterocycles. The first kappa shape index (κ1) is 13.8. The molecular formula is C14H21N3O2. The van der Waals surface area contributed by atoms with E-state index in [-0.39, 0.29) is 10.6 Å². The van der Waals surface area contributed by atoms with Gasteiger partial charge < -0.3 is 5.32 Å². The minimum Gasteiger partial charge on any atom is -0.367 e. The number of rotatable bonds is 3. The highest BCUT2D eigenvalue weighted by molar-refractivity contribution is 5.45. The Labute approximate surface area is 113 Å². The fraction of sp³-hybridized carbons (Fsp3) is 0.643. The van der Waals surface area contributed by atoms with Crippen LogP contribution in [0, 0.1) is 17.0 Å². The molecule has 0 saturated heterocycles. The molecule has 1 aliphatic rings. The molecule has 1 saturated carbocycles. The highest BCUT2D eigenvalue weighted by Crippen LogP contribution is 2.22. The number of nitrogens with one attached hydrogen (secondary N) is 1. The zero-order valence-electron chi connectivity index (χ0n) is 11.4. The van der Waals surface area contributed by atoms with Gasteiger partial charge in [0, 0.05) is 12.1 Å². The maximum Gasteiger partial charge on any atom is 0.290 e. The molecule has 0 radical (unpaired) electrons. The Hall–Kier alpha value is -1.65. The normalized spacial score (nSPS) is 17.5. The lowest BCUT2D eigenvalue weighted by Crippen LogP contribution is -2.21. The number of hydrogen-bond donors (Lipinski definition) is 1. The van der Waals surface area contributed by atoms with Gasteiger partial charge in [-0.1, -0.05) is 32.1 Å². The van der Waals surface area contributed by atoms with Crippen molar-refractivity contribution >= 4 is 11.5 Å². The number of anilines is 1. The number of aromatic nitrogens is 1. The van der Waals surface area contributed by atoms with Crippen LogP contribution in [0.5, 0.6) is 0 Å². The van der Waals surface area contributed by atoms with Crippen LogP contribution in [-0.2, 0) is 0 Å². The molecule has 0 aliphatic heterocycles. The Bertz CT molecular complexity index is 440. The molecular weight excluding hydrogens is 242 g/mol. The quantitative estimate of drug-likeness (QED) is 0.665. The van der Waals surface area contributed by atoms with Crippen LogP contribution in [0.2, 0.25) is 0 Å². The molecule has 0 unspecified atom stereocenters. The minimum atomic E-state index is -0.387. The largest absolute Gasteiger partial charge is 0.367 e. The van der Waals surface area contributed by atoms with Gasteiger partial charge in [0.15, 0.2) is 0 Å². The van der Waals surface area contributed by atoms with Crippen molar-refractivity contribution in [3.05, 3.63) is 27.9 Å². The van der Waals surface area contributed by atoms with Gasteiger partial charge in [-0.3, -0.25) is 10.1 Å². The second-order valence-corrected chi connectivity index (χ2v) is 5.24. The van der Waals surface area contributed by atoms with Crippen LogP contribution in [0.25, 0.3) is 0 Å². The van der Waals surface area contributed by atoms with Gasteiger partial charge >= 0.3 is 0 Å². The van der Waals surface area contributed by atoms with E-state index in [2.05, 4.69) is 10.3 Å². The second kappa shape index (κ2) is 6.50. The molecule has 0 bridgehead atoms. The van der Waals surface area contributed by atoms with Gasteiger partial charge in [0.05, 0.1) is 4.92 Å². The second-order valence-electron chi connectivity index (χ2n) is 5.24. The fourth-order valence-electron chi connectivity index (χ4n) is 2.64. The molecule has 0 atom stereocenters. The maximum absolute atomic E-state index is 10.8. The summed E-state index contributed by atoms with van der Waals surface area (Å²) in [4.78, 5) is 14.7. The summed E-state index contributed by atoms with van der Waals surface area (Å²) in [6, 6.07) is 3.70. The summed E-state index contributed by atoms with van der Waals surface area (Å²) in [6.07, 6.45) is 8.81. The van der Waals surface area contributed by atoms with E-state index in [1.807, 2.05) is 0 Å². The fourth-order valence-corrected chi connectivity index (χ4v) is 2.64. The van der Waals surface area contributed by atoms with Gasteiger partial charge in [0.2, 0.25) is 0 Å². The van der Waals surface area contributed by atoms with E-state index in [9.17, 15) is 10.1 Å². The van der Waals surface area contributed by atoms with Crippen molar-refractivity contribution in [1.29, 1.82) is 0 Å². The molecule has 5 nitrogen and oxygen atoms in total. The van der Waals surface area contributed by atoms with Gasteiger partial charge in [-0.25, -0.2) is 4.98 Å². The molecule has 0 aromatic carbocycles. The molecule has 1 fully saturated rings. The van der Waals surface area contributed by atoms with Crippen LogP contribution in [0.15, 0.2) is 12.1 Å².